The molecule has 30 heavy (non-hydrogen) atoms. The van der Waals surface area contributed by atoms with Gasteiger partial charge in [0, 0.05) is 57.4 Å². The van der Waals surface area contributed by atoms with Crippen LogP contribution in [0.5, 0.6) is 0 Å². The van der Waals surface area contributed by atoms with Crippen LogP contribution >= 0.6 is 0 Å². The number of pyridine rings is 1. The molecule has 5 rings (SSSR count). The zero-order chi connectivity index (χ0) is 20.3. The van der Waals surface area contributed by atoms with Gasteiger partial charge in [0.2, 0.25) is 0 Å². The Labute approximate surface area is 177 Å². The van der Waals surface area contributed by atoms with Crippen molar-refractivity contribution in [2.75, 3.05) is 31.1 Å². The molecule has 0 unspecified atom stereocenters. The molecule has 1 fully saturated rings. The monoisotopic (exact) mass is 406 g/mol. The van der Waals surface area contributed by atoms with Crippen molar-refractivity contribution in [1.29, 1.82) is 0 Å². The number of aliphatic imine (C=N–C) groups is 1. The van der Waals surface area contributed by atoms with Crippen LogP contribution in [0.3, 0.4) is 0 Å². The first kappa shape index (κ1) is 19.4. The van der Waals surface area contributed by atoms with Gasteiger partial charge in [-0.1, -0.05) is 6.07 Å². The minimum Gasteiger partial charge on any atom is -0.356 e. The van der Waals surface area contributed by atoms with Crippen molar-refractivity contribution >= 4 is 11.5 Å². The topological polar surface area (TPSA) is 77.5 Å². The Kier molecular flexibility index (Phi) is 5.62. The summed E-state index contributed by atoms with van der Waals surface area (Å²) < 4.78 is 0. The van der Waals surface area contributed by atoms with Gasteiger partial charge in [0.1, 0.15) is 5.82 Å². The summed E-state index contributed by atoms with van der Waals surface area (Å²) >= 11 is 0. The molecule has 0 radical (unpaired) electrons. The van der Waals surface area contributed by atoms with Gasteiger partial charge < -0.3 is 9.88 Å². The first-order chi connectivity index (χ1) is 14.8. The Hall–Kier alpha value is -2.54. The molecule has 0 amide bonds. The van der Waals surface area contributed by atoms with Gasteiger partial charge >= 0.3 is 0 Å². The molecule has 1 saturated heterocycles. The third-order valence-electron chi connectivity index (χ3n) is 6.46. The second-order valence-corrected chi connectivity index (χ2v) is 8.62. The normalized spacial score (nSPS) is 20.0. The fourth-order valence-corrected chi connectivity index (χ4v) is 4.83. The summed E-state index contributed by atoms with van der Waals surface area (Å²) in [5.74, 6) is 1.80. The molecule has 2 aromatic rings. The molecule has 0 atom stereocenters. The average molecular weight is 407 g/mol. The molecular weight excluding hydrogens is 376 g/mol. The molecule has 0 aliphatic carbocycles. The van der Waals surface area contributed by atoms with E-state index in [1.807, 2.05) is 12.3 Å². The fourth-order valence-electron chi connectivity index (χ4n) is 4.83. The molecule has 0 aromatic carbocycles. The second kappa shape index (κ2) is 8.68. The molecular formula is C23H30N6O. The SMILES string of the molecule is O=c1[nH]c(C2=NCCCC2)nc2c1CN(Cc1cccnc1N1CCCCC1)CC2. The summed E-state index contributed by atoms with van der Waals surface area (Å²) in [7, 11) is 0. The standard InChI is InChI=1S/C23H30N6O/c30-23-18-16-28(14-9-19(18)26-21(27-23)20-8-2-3-10-24-20)15-17-7-6-11-25-22(17)29-12-4-1-5-13-29/h6-7,11H,1-5,8-10,12-16H2,(H,26,27,30). The third kappa shape index (κ3) is 4.03. The number of hydrogen-bond acceptors (Lipinski definition) is 6. The van der Waals surface area contributed by atoms with Crippen molar-refractivity contribution in [3.63, 3.8) is 0 Å². The van der Waals surface area contributed by atoms with E-state index in [0.29, 0.717) is 12.4 Å². The second-order valence-electron chi connectivity index (χ2n) is 8.62. The van der Waals surface area contributed by atoms with E-state index in [1.54, 1.807) is 0 Å². The van der Waals surface area contributed by atoms with Gasteiger partial charge in [-0.2, -0.15) is 0 Å². The molecule has 0 spiro atoms. The van der Waals surface area contributed by atoms with Crippen LogP contribution in [-0.2, 0) is 19.5 Å². The van der Waals surface area contributed by atoms with Crippen molar-refractivity contribution in [3.8, 4) is 0 Å². The summed E-state index contributed by atoms with van der Waals surface area (Å²) in [6.07, 6.45) is 9.64. The zero-order valence-electron chi connectivity index (χ0n) is 17.6. The van der Waals surface area contributed by atoms with Crippen LogP contribution in [0.15, 0.2) is 28.1 Å². The number of anilines is 1. The van der Waals surface area contributed by atoms with Crippen LogP contribution in [0.1, 0.15) is 61.2 Å². The number of hydrogen-bond donors (Lipinski definition) is 1. The summed E-state index contributed by atoms with van der Waals surface area (Å²) in [5, 5.41) is 0. The van der Waals surface area contributed by atoms with Gasteiger partial charge in [-0.25, -0.2) is 9.97 Å². The molecule has 5 heterocycles. The molecule has 1 N–H and O–H groups in total. The van der Waals surface area contributed by atoms with Crippen molar-refractivity contribution in [1.82, 2.24) is 19.9 Å². The number of nitrogens with zero attached hydrogens (tertiary/aromatic N) is 5. The summed E-state index contributed by atoms with van der Waals surface area (Å²) in [4.78, 5) is 34.7. The van der Waals surface area contributed by atoms with E-state index in [4.69, 9.17) is 9.97 Å². The molecule has 3 aliphatic rings. The lowest BCUT2D eigenvalue weighted by molar-refractivity contribution is 0.241. The summed E-state index contributed by atoms with van der Waals surface area (Å²) in [6.45, 7) is 5.37. The quantitative estimate of drug-likeness (QED) is 0.845. The molecule has 158 valence electrons. The van der Waals surface area contributed by atoms with E-state index in [1.165, 1.54) is 24.8 Å². The predicted octanol–water partition coefficient (Wildman–Crippen LogP) is 2.69. The van der Waals surface area contributed by atoms with Gasteiger partial charge in [-0.15, -0.1) is 0 Å². The number of nitrogens with one attached hydrogen (secondary N) is 1. The van der Waals surface area contributed by atoms with Crippen LogP contribution in [-0.4, -0.2) is 51.7 Å². The number of aromatic nitrogens is 3. The van der Waals surface area contributed by atoms with E-state index in [-0.39, 0.29) is 5.56 Å². The largest absolute Gasteiger partial charge is 0.356 e. The maximum absolute atomic E-state index is 12.8. The van der Waals surface area contributed by atoms with E-state index in [0.717, 1.165) is 81.2 Å². The van der Waals surface area contributed by atoms with Crippen molar-refractivity contribution < 1.29 is 0 Å². The first-order valence-electron chi connectivity index (χ1n) is 11.3. The first-order valence-corrected chi connectivity index (χ1v) is 11.3. The van der Waals surface area contributed by atoms with Crippen LogP contribution in [0, 0.1) is 0 Å². The molecule has 2 aromatic heterocycles. The molecule has 7 heteroatoms. The smallest absolute Gasteiger partial charge is 0.255 e. The van der Waals surface area contributed by atoms with Crippen LogP contribution < -0.4 is 10.5 Å². The Balaban J connectivity index is 1.34. The highest BCUT2D eigenvalue weighted by Gasteiger charge is 2.24. The van der Waals surface area contributed by atoms with Crippen molar-refractivity contribution in [2.24, 2.45) is 4.99 Å². The van der Waals surface area contributed by atoms with E-state index < -0.39 is 0 Å². The highest BCUT2D eigenvalue weighted by atomic mass is 16.1. The number of rotatable bonds is 4. The van der Waals surface area contributed by atoms with Gasteiger partial charge in [0.25, 0.3) is 5.56 Å². The van der Waals surface area contributed by atoms with Crippen molar-refractivity contribution in [3.05, 3.63) is 51.3 Å². The van der Waals surface area contributed by atoms with E-state index >= 15 is 0 Å². The van der Waals surface area contributed by atoms with E-state index in [2.05, 4.69) is 25.8 Å². The van der Waals surface area contributed by atoms with Gasteiger partial charge in [-0.05, 0) is 44.6 Å². The molecule has 0 saturated carbocycles. The zero-order valence-corrected chi connectivity index (χ0v) is 17.6. The van der Waals surface area contributed by atoms with Crippen molar-refractivity contribution in [2.45, 2.75) is 58.0 Å². The maximum Gasteiger partial charge on any atom is 0.255 e. The fraction of sp³-hybridized carbons (Fsp3) is 0.565. The summed E-state index contributed by atoms with van der Waals surface area (Å²) in [6, 6.07) is 4.20. The highest BCUT2D eigenvalue weighted by molar-refractivity contribution is 5.97. The minimum absolute atomic E-state index is 0.00425. The predicted molar refractivity (Wildman–Crippen MR) is 118 cm³/mol. The van der Waals surface area contributed by atoms with Crippen LogP contribution in [0.25, 0.3) is 0 Å². The Morgan fingerprint density at radius 2 is 1.93 bits per heavy atom. The number of H-pyrrole nitrogens is 1. The average Bonchev–Trinajstić information content (AvgIpc) is 2.81. The summed E-state index contributed by atoms with van der Waals surface area (Å²) in [5.41, 5.74) is 3.96. The molecule has 7 nitrogen and oxygen atoms in total. The number of aromatic amines is 1. The van der Waals surface area contributed by atoms with Crippen LogP contribution in [0.4, 0.5) is 5.82 Å². The van der Waals surface area contributed by atoms with Gasteiger partial charge in [0.15, 0.2) is 5.82 Å². The van der Waals surface area contributed by atoms with Gasteiger partial charge in [0.05, 0.1) is 17.0 Å². The lowest BCUT2D eigenvalue weighted by Crippen LogP contribution is -2.37. The van der Waals surface area contributed by atoms with E-state index in [9.17, 15) is 4.79 Å². The minimum atomic E-state index is -0.00425. The lowest BCUT2D eigenvalue weighted by atomic mass is 10.0. The number of fused-ring (bicyclic) bond motifs is 1. The maximum atomic E-state index is 12.8. The Morgan fingerprint density at radius 1 is 1.03 bits per heavy atom. The molecule has 0 bridgehead atoms. The highest BCUT2D eigenvalue weighted by Crippen LogP contribution is 2.25. The lowest BCUT2D eigenvalue weighted by Gasteiger charge is -2.32. The third-order valence-corrected chi connectivity index (χ3v) is 6.46. The van der Waals surface area contributed by atoms with Crippen LogP contribution in [0.2, 0.25) is 0 Å². The number of piperidine rings is 1. The Morgan fingerprint density at radius 3 is 2.77 bits per heavy atom. The van der Waals surface area contributed by atoms with Gasteiger partial charge in [-0.3, -0.25) is 14.7 Å². The Bertz CT molecular complexity index is 991. The molecule has 3 aliphatic heterocycles.